The summed E-state index contributed by atoms with van der Waals surface area (Å²) in [6, 6.07) is 5.49. The van der Waals surface area contributed by atoms with Crippen molar-refractivity contribution in [1.29, 1.82) is 0 Å². The zero-order valence-corrected chi connectivity index (χ0v) is 12.7. The minimum absolute atomic E-state index is 0.190. The first-order chi connectivity index (χ1) is 8.46. The molecule has 1 aromatic carbocycles. The Hall–Kier alpha value is -0.410. The van der Waals surface area contributed by atoms with Crippen molar-refractivity contribution in [3.63, 3.8) is 0 Å². The number of rotatable bonds is 3. The van der Waals surface area contributed by atoms with Gasteiger partial charge in [-0.25, -0.2) is 4.39 Å². The van der Waals surface area contributed by atoms with Crippen LogP contribution in [0.5, 0.6) is 0 Å². The molecule has 0 bridgehead atoms. The van der Waals surface area contributed by atoms with E-state index < -0.39 is 0 Å². The summed E-state index contributed by atoms with van der Waals surface area (Å²) in [6.45, 7) is 5.49. The van der Waals surface area contributed by atoms with Crippen LogP contribution >= 0.6 is 15.9 Å². The highest BCUT2D eigenvalue weighted by molar-refractivity contribution is 9.10. The molecular weight excluding hydrogens is 293 g/mol. The Kier molecular flexibility index (Phi) is 4.44. The molecule has 0 saturated heterocycles. The second-order valence-corrected chi connectivity index (χ2v) is 6.93. The van der Waals surface area contributed by atoms with E-state index in [1.54, 1.807) is 0 Å². The van der Waals surface area contributed by atoms with Crippen molar-refractivity contribution in [1.82, 2.24) is 5.32 Å². The van der Waals surface area contributed by atoms with Gasteiger partial charge in [0, 0.05) is 17.1 Å². The molecule has 18 heavy (non-hydrogen) atoms. The minimum atomic E-state index is -0.190. The Balaban J connectivity index is 1.91. The van der Waals surface area contributed by atoms with Gasteiger partial charge in [0.15, 0.2) is 0 Å². The SMILES string of the molecule is CC1(C)CCCC(NCc2ccc(F)cc2Br)C1. The Morgan fingerprint density at radius 3 is 2.89 bits per heavy atom. The molecule has 0 amide bonds. The van der Waals surface area contributed by atoms with Gasteiger partial charge in [-0.3, -0.25) is 0 Å². The highest BCUT2D eigenvalue weighted by Crippen LogP contribution is 2.35. The van der Waals surface area contributed by atoms with Gasteiger partial charge in [-0.15, -0.1) is 0 Å². The molecule has 1 atom stereocenters. The van der Waals surface area contributed by atoms with E-state index in [0.717, 1.165) is 16.6 Å². The van der Waals surface area contributed by atoms with Crippen molar-refractivity contribution in [2.24, 2.45) is 5.41 Å². The lowest BCUT2D eigenvalue weighted by molar-refractivity contribution is 0.197. The lowest BCUT2D eigenvalue weighted by Crippen LogP contribution is -2.36. The van der Waals surface area contributed by atoms with Crippen molar-refractivity contribution in [3.05, 3.63) is 34.1 Å². The lowest BCUT2D eigenvalue weighted by Gasteiger charge is -2.35. The van der Waals surface area contributed by atoms with Crippen molar-refractivity contribution < 1.29 is 4.39 Å². The maximum Gasteiger partial charge on any atom is 0.124 e. The van der Waals surface area contributed by atoms with E-state index in [-0.39, 0.29) is 5.82 Å². The molecule has 0 aromatic heterocycles. The summed E-state index contributed by atoms with van der Waals surface area (Å²) in [5, 5.41) is 3.60. The van der Waals surface area contributed by atoms with E-state index in [9.17, 15) is 4.39 Å². The lowest BCUT2D eigenvalue weighted by atomic mass is 9.75. The predicted molar refractivity (Wildman–Crippen MR) is 77.0 cm³/mol. The summed E-state index contributed by atoms with van der Waals surface area (Å²) < 4.78 is 13.8. The zero-order valence-electron chi connectivity index (χ0n) is 11.1. The van der Waals surface area contributed by atoms with Crippen LogP contribution in [0.1, 0.15) is 45.1 Å². The average Bonchev–Trinajstić information content (AvgIpc) is 2.26. The fourth-order valence-corrected chi connectivity index (χ4v) is 3.28. The van der Waals surface area contributed by atoms with Gasteiger partial charge in [-0.1, -0.05) is 42.3 Å². The van der Waals surface area contributed by atoms with Crippen molar-refractivity contribution >= 4 is 15.9 Å². The van der Waals surface area contributed by atoms with Crippen LogP contribution in [0.2, 0.25) is 0 Å². The molecule has 1 nitrogen and oxygen atoms in total. The van der Waals surface area contributed by atoms with Crippen molar-refractivity contribution in [2.75, 3.05) is 0 Å². The Morgan fingerprint density at radius 2 is 2.22 bits per heavy atom. The fraction of sp³-hybridized carbons (Fsp3) is 0.600. The summed E-state index contributed by atoms with van der Waals surface area (Å²) in [5.74, 6) is -0.190. The fourth-order valence-electron chi connectivity index (χ4n) is 2.79. The average molecular weight is 314 g/mol. The van der Waals surface area contributed by atoms with Gasteiger partial charge in [0.1, 0.15) is 5.82 Å². The second kappa shape index (κ2) is 5.70. The molecule has 1 aromatic rings. The standard InChI is InChI=1S/C15H21BrFN/c1-15(2)7-3-4-13(9-15)18-10-11-5-6-12(17)8-14(11)16/h5-6,8,13,18H,3-4,7,9-10H2,1-2H3. The van der Waals surface area contributed by atoms with Crippen LogP contribution in [-0.2, 0) is 6.54 Å². The quantitative estimate of drug-likeness (QED) is 0.856. The maximum atomic E-state index is 13.0. The predicted octanol–water partition coefficient (Wildman–Crippen LogP) is 4.65. The maximum absolute atomic E-state index is 13.0. The van der Waals surface area contributed by atoms with Crippen LogP contribution in [0.25, 0.3) is 0 Å². The molecular formula is C15H21BrFN. The summed E-state index contributed by atoms with van der Waals surface area (Å²) in [4.78, 5) is 0. The minimum Gasteiger partial charge on any atom is -0.310 e. The smallest absolute Gasteiger partial charge is 0.124 e. The molecule has 100 valence electrons. The monoisotopic (exact) mass is 313 g/mol. The van der Waals surface area contributed by atoms with Crippen molar-refractivity contribution in [2.45, 2.75) is 52.1 Å². The third kappa shape index (κ3) is 3.79. The second-order valence-electron chi connectivity index (χ2n) is 6.07. The Morgan fingerprint density at radius 1 is 1.44 bits per heavy atom. The molecule has 0 heterocycles. The Labute approximate surface area is 117 Å². The van der Waals surface area contributed by atoms with E-state index in [2.05, 4.69) is 35.1 Å². The van der Waals surface area contributed by atoms with Gasteiger partial charge < -0.3 is 5.32 Å². The summed E-state index contributed by atoms with van der Waals surface area (Å²) in [5.41, 5.74) is 1.58. The van der Waals surface area contributed by atoms with Crippen molar-refractivity contribution in [3.8, 4) is 0 Å². The first kappa shape index (κ1) is 14.0. The van der Waals surface area contributed by atoms with Gasteiger partial charge in [-0.05, 0) is 42.4 Å². The third-order valence-electron chi connectivity index (χ3n) is 3.80. The molecule has 1 N–H and O–H groups in total. The van der Waals surface area contributed by atoms with Crippen LogP contribution in [-0.4, -0.2) is 6.04 Å². The first-order valence-electron chi connectivity index (χ1n) is 6.64. The van der Waals surface area contributed by atoms with Crippen LogP contribution < -0.4 is 5.32 Å². The molecule has 3 heteroatoms. The normalized spacial score (nSPS) is 23.0. The van der Waals surface area contributed by atoms with Crippen LogP contribution in [0.3, 0.4) is 0 Å². The van der Waals surface area contributed by atoms with Crippen LogP contribution in [0, 0.1) is 11.2 Å². The van der Waals surface area contributed by atoms with Crippen LogP contribution in [0.4, 0.5) is 4.39 Å². The van der Waals surface area contributed by atoms with Gasteiger partial charge >= 0.3 is 0 Å². The van der Waals surface area contributed by atoms with E-state index in [1.165, 1.54) is 37.8 Å². The number of hydrogen-bond acceptors (Lipinski definition) is 1. The van der Waals surface area contributed by atoms with E-state index >= 15 is 0 Å². The summed E-state index contributed by atoms with van der Waals surface area (Å²) in [7, 11) is 0. The molecule has 0 spiro atoms. The zero-order chi connectivity index (χ0) is 13.2. The number of hydrogen-bond donors (Lipinski definition) is 1. The Bertz CT molecular complexity index is 417. The molecule has 1 aliphatic carbocycles. The molecule has 2 rings (SSSR count). The summed E-state index contributed by atoms with van der Waals surface area (Å²) in [6.07, 6.45) is 5.11. The highest BCUT2D eigenvalue weighted by Gasteiger charge is 2.27. The molecule has 0 aliphatic heterocycles. The van der Waals surface area contributed by atoms with Gasteiger partial charge in [0.05, 0.1) is 0 Å². The third-order valence-corrected chi connectivity index (χ3v) is 4.54. The number of benzene rings is 1. The first-order valence-corrected chi connectivity index (χ1v) is 7.43. The van der Waals surface area contributed by atoms with E-state index in [0.29, 0.717) is 11.5 Å². The van der Waals surface area contributed by atoms with Gasteiger partial charge in [0.2, 0.25) is 0 Å². The summed E-state index contributed by atoms with van der Waals surface area (Å²) >= 11 is 3.41. The molecule has 1 aliphatic rings. The van der Waals surface area contributed by atoms with Gasteiger partial charge in [-0.2, -0.15) is 0 Å². The highest BCUT2D eigenvalue weighted by atomic mass is 79.9. The topological polar surface area (TPSA) is 12.0 Å². The van der Waals surface area contributed by atoms with E-state index in [1.807, 2.05) is 6.07 Å². The number of nitrogens with one attached hydrogen (secondary N) is 1. The molecule has 1 unspecified atom stereocenters. The molecule has 0 radical (unpaired) electrons. The number of halogens is 2. The largest absolute Gasteiger partial charge is 0.310 e. The molecule has 1 saturated carbocycles. The van der Waals surface area contributed by atoms with Crippen LogP contribution in [0.15, 0.2) is 22.7 Å². The van der Waals surface area contributed by atoms with Gasteiger partial charge in [0.25, 0.3) is 0 Å². The molecule has 1 fully saturated rings. The van der Waals surface area contributed by atoms with E-state index in [4.69, 9.17) is 0 Å².